The number of nitrogens with one attached hydrogen (secondary N) is 1. The molecule has 0 bridgehead atoms. The first-order valence-corrected chi connectivity index (χ1v) is 7.70. The molecule has 0 fully saturated rings. The van der Waals surface area contributed by atoms with Crippen LogP contribution in [-0.2, 0) is 6.61 Å². The summed E-state index contributed by atoms with van der Waals surface area (Å²) < 4.78 is 6.28. The second kappa shape index (κ2) is 6.35. The molecule has 0 spiro atoms. The second-order valence-corrected chi connectivity index (χ2v) is 6.34. The van der Waals surface area contributed by atoms with Crippen LogP contribution in [0.4, 0.5) is 5.69 Å². The Balaban J connectivity index is 1.92. The van der Waals surface area contributed by atoms with Crippen molar-refractivity contribution in [2.24, 2.45) is 0 Å². The maximum absolute atomic E-state index is 9.24. The van der Waals surface area contributed by atoms with Crippen LogP contribution in [0.1, 0.15) is 22.2 Å². The number of hydrogen-bond acceptors (Lipinski definition) is 4. The van der Waals surface area contributed by atoms with Gasteiger partial charge in [0.25, 0.3) is 0 Å². The van der Waals surface area contributed by atoms with Crippen molar-refractivity contribution in [1.82, 2.24) is 0 Å². The summed E-state index contributed by atoms with van der Waals surface area (Å²) in [6.45, 7) is 0.0196. The standard InChI is InChI=1S/C16H14ClNO2S/c17-15-7-6-14(21-15)16(13-5-2-8-20-13)18-12-4-1-3-11(9-12)10-19/h1-9,16,18-19H,10H2. The van der Waals surface area contributed by atoms with Crippen molar-refractivity contribution in [1.29, 1.82) is 0 Å². The Hall–Kier alpha value is -1.75. The molecule has 1 unspecified atom stereocenters. The van der Waals surface area contributed by atoms with Crippen LogP contribution < -0.4 is 5.32 Å². The summed E-state index contributed by atoms with van der Waals surface area (Å²) >= 11 is 7.56. The molecular weight excluding hydrogens is 306 g/mol. The zero-order valence-electron chi connectivity index (χ0n) is 11.1. The van der Waals surface area contributed by atoms with Gasteiger partial charge in [-0.2, -0.15) is 0 Å². The molecule has 0 aliphatic rings. The molecule has 0 saturated heterocycles. The molecule has 5 heteroatoms. The quantitative estimate of drug-likeness (QED) is 0.717. The summed E-state index contributed by atoms with van der Waals surface area (Å²) in [6.07, 6.45) is 1.66. The molecule has 108 valence electrons. The number of thiophene rings is 1. The fourth-order valence-electron chi connectivity index (χ4n) is 2.15. The minimum absolute atomic E-state index is 0.0196. The van der Waals surface area contributed by atoms with Gasteiger partial charge in [-0.25, -0.2) is 0 Å². The van der Waals surface area contributed by atoms with Gasteiger partial charge in [0.15, 0.2) is 0 Å². The third kappa shape index (κ3) is 3.29. The molecule has 0 radical (unpaired) electrons. The number of aliphatic hydroxyl groups is 1. The number of rotatable bonds is 5. The summed E-state index contributed by atoms with van der Waals surface area (Å²) in [4.78, 5) is 1.07. The molecule has 3 aromatic rings. The van der Waals surface area contributed by atoms with Crippen molar-refractivity contribution in [3.8, 4) is 0 Å². The van der Waals surface area contributed by atoms with Gasteiger partial charge in [-0.05, 0) is 42.0 Å². The first-order valence-electron chi connectivity index (χ1n) is 6.51. The van der Waals surface area contributed by atoms with E-state index >= 15 is 0 Å². The second-order valence-electron chi connectivity index (χ2n) is 4.59. The van der Waals surface area contributed by atoms with Gasteiger partial charge in [0.1, 0.15) is 11.8 Å². The van der Waals surface area contributed by atoms with Crippen LogP contribution in [-0.4, -0.2) is 5.11 Å². The Labute approximate surface area is 131 Å². The molecule has 21 heavy (non-hydrogen) atoms. The van der Waals surface area contributed by atoms with E-state index in [2.05, 4.69) is 5.32 Å². The monoisotopic (exact) mass is 319 g/mol. The third-order valence-corrected chi connectivity index (χ3v) is 4.42. The van der Waals surface area contributed by atoms with Crippen molar-refractivity contribution in [3.05, 3.63) is 75.3 Å². The van der Waals surface area contributed by atoms with Gasteiger partial charge < -0.3 is 14.8 Å². The lowest BCUT2D eigenvalue weighted by molar-refractivity contribution is 0.282. The lowest BCUT2D eigenvalue weighted by Gasteiger charge is -2.17. The highest BCUT2D eigenvalue weighted by molar-refractivity contribution is 7.16. The topological polar surface area (TPSA) is 45.4 Å². The molecule has 3 nitrogen and oxygen atoms in total. The van der Waals surface area contributed by atoms with Crippen molar-refractivity contribution in [2.75, 3.05) is 5.32 Å². The van der Waals surface area contributed by atoms with Crippen LogP contribution in [0.2, 0.25) is 4.34 Å². The van der Waals surface area contributed by atoms with Gasteiger partial charge in [-0.15, -0.1) is 11.3 Å². The summed E-state index contributed by atoms with van der Waals surface area (Å²) in [5.41, 5.74) is 1.79. The van der Waals surface area contributed by atoms with Crippen molar-refractivity contribution in [3.63, 3.8) is 0 Å². The molecular formula is C16H14ClNO2S. The Bertz CT molecular complexity index is 709. The summed E-state index contributed by atoms with van der Waals surface area (Å²) in [5, 5.41) is 12.7. The van der Waals surface area contributed by atoms with E-state index in [-0.39, 0.29) is 12.6 Å². The third-order valence-electron chi connectivity index (χ3n) is 3.13. The molecule has 1 aromatic carbocycles. The SMILES string of the molecule is OCc1cccc(NC(c2ccco2)c2ccc(Cl)s2)c1. The molecule has 2 heterocycles. The van der Waals surface area contributed by atoms with E-state index < -0.39 is 0 Å². The predicted octanol–water partition coefficient (Wildman–Crippen LogP) is 4.69. The van der Waals surface area contributed by atoms with Crippen LogP contribution in [0.15, 0.2) is 59.2 Å². The van der Waals surface area contributed by atoms with Crippen molar-refractivity contribution >= 4 is 28.6 Å². The highest BCUT2D eigenvalue weighted by Gasteiger charge is 2.19. The number of furan rings is 1. The van der Waals surface area contributed by atoms with Gasteiger partial charge in [0.2, 0.25) is 0 Å². The normalized spacial score (nSPS) is 12.3. The highest BCUT2D eigenvalue weighted by atomic mass is 35.5. The average Bonchev–Trinajstić information content (AvgIpc) is 3.16. The fraction of sp³-hybridized carbons (Fsp3) is 0.125. The fourth-order valence-corrected chi connectivity index (χ4v) is 3.27. The van der Waals surface area contributed by atoms with Crippen LogP contribution in [0.5, 0.6) is 0 Å². The van der Waals surface area contributed by atoms with E-state index in [1.807, 2.05) is 48.5 Å². The minimum atomic E-state index is -0.105. The minimum Gasteiger partial charge on any atom is -0.467 e. The van der Waals surface area contributed by atoms with E-state index in [4.69, 9.17) is 16.0 Å². The largest absolute Gasteiger partial charge is 0.467 e. The summed E-state index contributed by atoms with van der Waals surface area (Å²) in [6, 6.07) is 15.2. The first kappa shape index (κ1) is 14.2. The van der Waals surface area contributed by atoms with E-state index in [0.717, 1.165) is 26.2 Å². The molecule has 3 rings (SSSR count). The average molecular weight is 320 g/mol. The predicted molar refractivity (Wildman–Crippen MR) is 85.9 cm³/mol. The maximum Gasteiger partial charge on any atom is 0.131 e. The Morgan fingerprint density at radius 2 is 2.10 bits per heavy atom. The van der Waals surface area contributed by atoms with E-state index in [1.165, 1.54) is 11.3 Å². The molecule has 0 amide bonds. The lowest BCUT2D eigenvalue weighted by atomic mass is 10.1. The summed E-state index contributed by atoms with van der Waals surface area (Å²) in [5.74, 6) is 0.822. The number of anilines is 1. The van der Waals surface area contributed by atoms with Crippen LogP contribution in [0, 0.1) is 0 Å². The molecule has 2 N–H and O–H groups in total. The van der Waals surface area contributed by atoms with Crippen LogP contribution in [0.25, 0.3) is 0 Å². The van der Waals surface area contributed by atoms with E-state index in [0.29, 0.717) is 0 Å². The van der Waals surface area contributed by atoms with E-state index in [1.54, 1.807) is 6.26 Å². The Morgan fingerprint density at radius 3 is 2.76 bits per heavy atom. The van der Waals surface area contributed by atoms with Crippen LogP contribution in [0.3, 0.4) is 0 Å². The molecule has 0 aliphatic heterocycles. The van der Waals surface area contributed by atoms with Gasteiger partial charge >= 0.3 is 0 Å². The van der Waals surface area contributed by atoms with Crippen LogP contribution >= 0.6 is 22.9 Å². The number of halogens is 1. The van der Waals surface area contributed by atoms with E-state index in [9.17, 15) is 5.11 Å². The molecule has 2 aromatic heterocycles. The van der Waals surface area contributed by atoms with Gasteiger partial charge in [-0.3, -0.25) is 0 Å². The maximum atomic E-state index is 9.24. The molecule has 0 aliphatic carbocycles. The Morgan fingerprint density at radius 1 is 1.19 bits per heavy atom. The lowest BCUT2D eigenvalue weighted by Crippen LogP contribution is -2.10. The summed E-state index contributed by atoms with van der Waals surface area (Å²) in [7, 11) is 0. The first-order chi connectivity index (χ1) is 10.3. The Kier molecular flexibility index (Phi) is 4.29. The highest BCUT2D eigenvalue weighted by Crippen LogP contribution is 2.33. The number of benzene rings is 1. The zero-order chi connectivity index (χ0) is 14.7. The molecule has 1 atom stereocenters. The van der Waals surface area contributed by atoms with Gasteiger partial charge in [0, 0.05) is 10.6 Å². The van der Waals surface area contributed by atoms with Gasteiger partial charge in [0.05, 0.1) is 17.2 Å². The van der Waals surface area contributed by atoms with Crippen molar-refractivity contribution in [2.45, 2.75) is 12.6 Å². The smallest absolute Gasteiger partial charge is 0.131 e. The number of aliphatic hydroxyl groups excluding tert-OH is 1. The van der Waals surface area contributed by atoms with Gasteiger partial charge in [-0.1, -0.05) is 23.7 Å². The number of hydrogen-bond donors (Lipinski definition) is 2. The van der Waals surface area contributed by atoms with Crippen molar-refractivity contribution < 1.29 is 9.52 Å². The molecule has 0 saturated carbocycles. The zero-order valence-corrected chi connectivity index (χ0v) is 12.7.